The third-order valence-corrected chi connectivity index (χ3v) is 6.46. The fraction of sp³-hybridized carbons (Fsp3) is 0.214. The van der Waals surface area contributed by atoms with Gasteiger partial charge in [0.25, 0.3) is 5.91 Å². The van der Waals surface area contributed by atoms with Crippen molar-refractivity contribution in [2.45, 2.75) is 12.1 Å². The fourth-order valence-corrected chi connectivity index (χ4v) is 4.54. The normalized spacial score (nSPS) is 10.9. The van der Waals surface area contributed by atoms with Crippen molar-refractivity contribution >= 4 is 23.9 Å². The Morgan fingerprint density at radius 2 is 1.69 bits per heavy atom. The molecule has 202 valence electrons. The predicted molar refractivity (Wildman–Crippen MR) is 151 cm³/mol. The van der Waals surface area contributed by atoms with Gasteiger partial charge in [0, 0.05) is 16.8 Å². The van der Waals surface area contributed by atoms with Crippen molar-refractivity contribution in [3.63, 3.8) is 0 Å². The van der Waals surface area contributed by atoms with Crippen molar-refractivity contribution in [1.82, 2.24) is 20.2 Å². The van der Waals surface area contributed by atoms with E-state index in [1.165, 1.54) is 32.2 Å². The van der Waals surface area contributed by atoms with Crippen LogP contribution in [-0.4, -0.2) is 60.6 Å². The zero-order chi connectivity index (χ0) is 27.6. The van der Waals surface area contributed by atoms with Crippen LogP contribution in [0, 0.1) is 0 Å². The third-order valence-electron chi connectivity index (χ3n) is 5.53. The molecule has 0 atom stereocenters. The Kier molecular flexibility index (Phi) is 9.41. The Morgan fingerprint density at radius 1 is 0.949 bits per heavy atom. The first-order valence-electron chi connectivity index (χ1n) is 12.1. The van der Waals surface area contributed by atoms with Crippen molar-refractivity contribution in [3.8, 4) is 40.1 Å². The van der Waals surface area contributed by atoms with Gasteiger partial charge in [-0.2, -0.15) is 5.10 Å². The number of thioether (sulfide) groups is 1. The van der Waals surface area contributed by atoms with Crippen LogP contribution in [-0.2, 0) is 4.79 Å². The number of ether oxygens (including phenoxy) is 4. The SMILES string of the molecule is CCOc1ccc(-n2c(SCC(=O)N/N=C\c3ccc(OC)c(OC)c3OC)nnc2-c2ccccc2)cc1. The lowest BCUT2D eigenvalue weighted by Crippen LogP contribution is -2.20. The number of aromatic nitrogens is 3. The van der Waals surface area contributed by atoms with Gasteiger partial charge in [-0.05, 0) is 43.3 Å². The Hall–Kier alpha value is -4.51. The van der Waals surface area contributed by atoms with Crippen molar-refractivity contribution in [1.29, 1.82) is 0 Å². The zero-order valence-electron chi connectivity index (χ0n) is 22.1. The van der Waals surface area contributed by atoms with Crippen LogP contribution in [0.3, 0.4) is 0 Å². The second kappa shape index (κ2) is 13.3. The molecule has 1 N–H and O–H groups in total. The number of methoxy groups -OCH3 is 3. The maximum atomic E-state index is 12.6. The summed E-state index contributed by atoms with van der Waals surface area (Å²) < 4.78 is 23.6. The molecule has 4 rings (SSSR count). The number of hydrogen-bond donors (Lipinski definition) is 1. The van der Waals surface area contributed by atoms with E-state index in [0.29, 0.717) is 40.4 Å². The molecule has 1 aromatic heterocycles. The Balaban J connectivity index is 1.50. The van der Waals surface area contributed by atoms with Crippen molar-refractivity contribution < 1.29 is 23.7 Å². The molecule has 0 unspecified atom stereocenters. The summed E-state index contributed by atoms with van der Waals surface area (Å²) in [6.07, 6.45) is 1.49. The van der Waals surface area contributed by atoms with Gasteiger partial charge in [-0.25, -0.2) is 5.43 Å². The van der Waals surface area contributed by atoms with Crippen LogP contribution in [0.2, 0.25) is 0 Å². The van der Waals surface area contributed by atoms with Crippen LogP contribution in [0.1, 0.15) is 12.5 Å². The van der Waals surface area contributed by atoms with E-state index in [0.717, 1.165) is 17.0 Å². The van der Waals surface area contributed by atoms with Crippen molar-refractivity contribution in [3.05, 3.63) is 72.3 Å². The van der Waals surface area contributed by atoms with E-state index in [1.807, 2.05) is 66.1 Å². The van der Waals surface area contributed by atoms with Gasteiger partial charge >= 0.3 is 0 Å². The molecule has 0 aliphatic rings. The van der Waals surface area contributed by atoms with Gasteiger partial charge in [0.15, 0.2) is 22.5 Å². The Bertz CT molecular complexity index is 1420. The molecule has 0 fully saturated rings. The van der Waals surface area contributed by atoms with Crippen LogP contribution < -0.4 is 24.4 Å². The van der Waals surface area contributed by atoms with E-state index in [1.54, 1.807) is 19.2 Å². The van der Waals surface area contributed by atoms with Crippen LogP contribution in [0.4, 0.5) is 0 Å². The molecule has 0 spiro atoms. The molecule has 3 aromatic carbocycles. The number of hydrazone groups is 1. The first-order valence-corrected chi connectivity index (χ1v) is 13.1. The molecule has 0 aliphatic carbocycles. The van der Waals surface area contributed by atoms with Crippen molar-refractivity contribution in [2.24, 2.45) is 5.10 Å². The molecule has 0 bridgehead atoms. The van der Waals surface area contributed by atoms with Gasteiger partial charge in [-0.1, -0.05) is 42.1 Å². The van der Waals surface area contributed by atoms with Crippen LogP contribution in [0.5, 0.6) is 23.0 Å². The maximum absolute atomic E-state index is 12.6. The van der Waals surface area contributed by atoms with Crippen LogP contribution in [0.15, 0.2) is 77.0 Å². The summed E-state index contributed by atoms with van der Waals surface area (Å²) in [4.78, 5) is 12.6. The largest absolute Gasteiger partial charge is 0.494 e. The van der Waals surface area contributed by atoms with Gasteiger partial charge in [0.2, 0.25) is 5.75 Å². The summed E-state index contributed by atoms with van der Waals surface area (Å²) in [5.74, 6) is 2.62. The summed E-state index contributed by atoms with van der Waals surface area (Å²) in [7, 11) is 4.59. The maximum Gasteiger partial charge on any atom is 0.250 e. The second-order valence-corrected chi connectivity index (χ2v) is 8.88. The molecule has 4 aromatic rings. The third kappa shape index (κ3) is 6.50. The smallest absolute Gasteiger partial charge is 0.250 e. The van der Waals surface area contributed by atoms with Gasteiger partial charge in [-0.15, -0.1) is 10.2 Å². The minimum absolute atomic E-state index is 0.0738. The molecule has 0 saturated carbocycles. The summed E-state index contributed by atoms with van der Waals surface area (Å²) in [6.45, 7) is 2.52. The lowest BCUT2D eigenvalue weighted by Gasteiger charge is -2.13. The highest BCUT2D eigenvalue weighted by Gasteiger charge is 2.18. The highest BCUT2D eigenvalue weighted by Crippen LogP contribution is 2.39. The highest BCUT2D eigenvalue weighted by atomic mass is 32.2. The Morgan fingerprint density at radius 3 is 2.36 bits per heavy atom. The average Bonchev–Trinajstić information content (AvgIpc) is 3.40. The number of nitrogens with zero attached hydrogens (tertiary/aromatic N) is 4. The molecule has 39 heavy (non-hydrogen) atoms. The number of hydrogen-bond acceptors (Lipinski definition) is 9. The summed E-state index contributed by atoms with van der Waals surface area (Å²) in [5, 5.41) is 13.4. The lowest BCUT2D eigenvalue weighted by molar-refractivity contribution is -0.118. The van der Waals surface area contributed by atoms with Gasteiger partial charge in [0.05, 0.1) is 39.9 Å². The molecule has 10 nitrogen and oxygen atoms in total. The van der Waals surface area contributed by atoms with Crippen LogP contribution >= 0.6 is 11.8 Å². The van der Waals surface area contributed by atoms with E-state index in [-0.39, 0.29) is 11.7 Å². The van der Waals surface area contributed by atoms with Crippen LogP contribution in [0.25, 0.3) is 17.1 Å². The number of rotatable bonds is 12. The zero-order valence-corrected chi connectivity index (χ0v) is 22.9. The lowest BCUT2D eigenvalue weighted by atomic mass is 10.2. The van der Waals surface area contributed by atoms with Gasteiger partial charge < -0.3 is 18.9 Å². The molecule has 0 radical (unpaired) electrons. The highest BCUT2D eigenvalue weighted by molar-refractivity contribution is 7.99. The molecule has 0 saturated heterocycles. The quantitative estimate of drug-likeness (QED) is 0.156. The number of amides is 1. The molecule has 0 aliphatic heterocycles. The summed E-state index contributed by atoms with van der Waals surface area (Å²) in [5.41, 5.74) is 4.92. The first-order chi connectivity index (χ1) is 19.1. The number of carbonyl (C=O) groups excluding carboxylic acids is 1. The predicted octanol–water partition coefficient (Wildman–Crippen LogP) is 4.60. The minimum Gasteiger partial charge on any atom is -0.494 e. The average molecular weight is 548 g/mol. The van der Waals surface area contributed by atoms with E-state index in [4.69, 9.17) is 18.9 Å². The molecule has 1 amide bonds. The minimum atomic E-state index is -0.307. The van der Waals surface area contributed by atoms with E-state index < -0.39 is 0 Å². The summed E-state index contributed by atoms with van der Waals surface area (Å²) >= 11 is 1.26. The monoisotopic (exact) mass is 547 g/mol. The van der Waals surface area contributed by atoms with E-state index in [2.05, 4.69) is 20.7 Å². The second-order valence-electron chi connectivity index (χ2n) is 7.94. The molecular weight excluding hydrogens is 518 g/mol. The topological polar surface area (TPSA) is 109 Å². The summed E-state index contributed by atoms with van der Waals surface area (Å²) in [6, 6.07) is 20.9. The number of carbonyl (C=O) groups is 1. The first kappa shape index (κ1) is 27.5. The molecular formula is C28H29N5O5S. The van der Waals surface area contributed by atoms with Crippen molar-refractivity contribution in [2.75, 3.05) is 33.7 Å². The molecule has 11 heteroatoms. The Labute approximate surface area is 231 Å². The van der Waals surface area contributed by atoms with Gasteiger partial charge in [-0.3, -0.25) is 9.36 Å². The fourth-order valence-electron chi connectivity index (χ4n) is 3.79. The van der Waals surface area contributed by atoms with Gasteiger partial charge in [0.1, 0.15) is 5.75 Å². The number of nitrogens with one attached hydrogen (secondary N) is 1. The standard InChI is InChI=1S/C28H29N5O5S/c1-5-38-22-14-12-21(13-15-22)33-27(19-9-7-6-8-10-19)31-32-28(33)39-18-24(34)30-29-17-20-11-16-23(35-2)26(37-4)25(20)36-3/h6-17H,5,18H2,1-4H3,(H,30,34)/b29-17-. The van der Waals surface area contributed by atoms with E-state index in [9.17, 15) is 4.79 Å². The number of benzene rings is 3. The van der Waals surface area contributed by atoms with E-state index >= 15 is 0 Å². The molecule has 1 heterocycles.